The third-order valence-electron chi connectivity index (χ3n) is 11.1. The van der Waals surface area contributed by atoms with Crippen LogP contribution in [0.3, 0.4) is 0 Å². The lowest BCUT2D eigenvalue weighted by Crippen LogP contribution is -2.53. The number of pyridine rings is 1. The average molecular weight is 935 g/mol. The van der Waals surface area contributed by atoms with Gasteiger partial charge in [-0.15, -0.1) is 0 Å². The van der Waals surface area contributed by atoms with E-state index < -0.39 is 70.6 Å². The fraction of sp³-hybridized carbons (Fsp3) is 0.558. The Morgan fingerprint density at radius 3 is 1.37 bits per heavy atom. The molecule has 0 saturated carbocycles. The van der Waals surface area contributed by atoms with Crippen molar-refractivity contribution < 1.29 is 54.7 Å². The summed E-state index contributed by atoms with van der Waals surface area (Å²) < 4.78 is 85.8. The Kier molecular flexibility index (Phi) is 14.0. The largest absolute Gasteiger partial charge is 0.494 e. The second-order valence-electron chi connectivity index (χ2n) is 18.3. The molecule has 13 nitrogen and oxygen atoms in total. The van der Waals surface area contributed by atoms with Crippen molar-refractivity contribution in [3.63, 3.8) is 0 Å². The Bertz CT molecular complexity index is 2200. The predicted molar refractivity (Wildman–Crippen MR) is 231 cm³/mol. The molecule has 3 saturated heterocycles. The van der Waals surface area contributed by atoms with Crippen molar-refractivity contribution >= 4 is 60.1 Å². The number of sulfone groups is 2. The van der Waals surface area contributed by atoms with E-state index in [0.29, 0.717) is 0 Å². The summed E-state index contributed by atoms with van der Waals surface area (Å²) in [6.45, 7) is 19.0. The van der Waals surface area contributed by atoms with Gasteiger partial charge in [-0.3, -0.25) is 14.6 Å². The molecule has 17 heteroatoms. The summed E-state index contributed by atoms with van der Waals surface area (Å²) >= 11 is 3.34. The highest BCUT2D eigenvalue weighted by atomic mass is 79.9. The van der Waals surface area contributed by atoms with E-state index in [9.17, 15) is 26.4 Å². The van der Waals surface area contributed by atoms with Crippen molar-refractivity contribution in [2.75, 3.05) is 26.4 Å². The molecule has 3 aliphatic rings. The monoisotopic (exact) mass is 933 g/mol. The first-order chi connectivity index (χ1) is 27.7. The van der Waals surface area contributed by atoms with Gasteiger partial charge in [0.05, 0.1) is 26.7 Å². The Labute approximate surface area is 363 Å². The van der Waals surface area contributed by atoms with Gasteiger partial charge in [-0.05, 0) is 127 Å². The molecule has 0 radical (unpaired) electrons. The number of esters is 2. The van der Waals surface area contributed by atoms with Gasteiger partial charge in [-0.1, -0.05) is 24.3 Å². The first kappa shape index (κ1) is 47.9. The molecule has 4 heterocycles. The highest BCUT2D eigenvalue weighted by Gasteiger charge is 2.56. The summed E-state index contributed by atoms with van der Waals surface area (Å²) in [5, 5.41) is 0. The van der Waals surface area contributed by atoms with E-state index in [1.807, 2.05) is 39.8 Å². The molecule has 0 spiro atoms. The van der Waals surface area contributed by atoms with E-state index >= 15 is 0 Å². The van der Waals surface area contributed by atoms with Crippen molar-refractivity contribution in [3.8, 4) is 11.3 Å². The van der Waals surface area contributed by atoms with Gasteiger partial charge in [0, 0.05) is 68.3 Å². The minimum atomic E-state index is -4.02. The van der Waals surface area contributed by atoms with Gasteiger partial charge in [0.1, 0.15) is 11.2 Å². The first-order valence-corrected chi connectivity index (χ1v) is 23.7. The Balaban J connectivity index is 0.000000228. The van der Waals surface area contributed by atoms with Crippen LogP contribution < -0.4 is 5.46 Å². The maximum absolute atomic E-state index is 13.7. The fourth-order valence-electron chi connectivity index (χ4n) is 6.90. The van der Waals surface area contributed by atoms with Crippen LogP contribution in [0.1, 0.15) is 94.9 Å². The van der Waals surface area contributed by atoms with E-state index in [1.54, 1.807) is 72.0 Å². The highest BCUT2D eigenvalue weighted by molar-refractivity contribution is 9.10. The average Bonchev–Trinajstić information content (AvgIpc) is 3.40. The molecule has 0 amide bonds. The van der Waals surface area contributed by atoms with E-state index in [2.05, 4.69) is 20.9 Å². The van der Waals surface area contributed by atoms with E-state index in [4.69, 9.17) is 28.3 Å². The zero-order valence-electron chi connectivity index (χ0n) is 36.1. The summed E-state index contributed by atoms with van der Waals surface area (Å²) in [6.07, 6.45) is 1.94. The third kappa shape index (κ3) is 10.0. The van der Waals surface area contributed by atoms with Crippen LogP contribution in [0.25, 0.3) is 11.3 Å². The number of aromatic nitrogens is 1. The summed E-state index contributed by atoms with van der Waals surface area (Å²) in [4.78, 5) is 30.6. The molecule has 0 N–H and O–H groups in total. The summed E-state index contributed by atoms with van der Waals surface area (Å²) in [7, 11) is -8.59. The molecule has 2 aromatic carbocycles. The topological polar surface area (TPSA) is 171 Å². The maximum atomic E-state index is 13.7. The van der Waals surface area contributed by atoms with E-state index in [1.165, 1.54) is 24.3 Å². The smallest absolute Gasteiger partial charge is 0.459 e. The Morgan fingerprint density at radius 1 is 0.633 bits per heavy atom. The molecular formula is C43H57BBrNO12S2. The van der Waals surface area contributed by atoms with Crippen LogP contribution in [0.5, 0.6) is 0 Å². The van der Waals surface area contributed by atoms with Crippen LogP contribution in [-0.4, -0.2) is 99.2 Å². The lowest BCUT2D eigenvalue weighted by atomic mass is 9.79. The third-order valence-corrected chi connectivity index (χ3v) is 16.5. The molecule has 0 atom stereocenters. The minimum absolute atomic E-state index is 0.0588. The number of benzene rings is 2. The van der Waals surface area contributed by atoms with E-state index in [-0.39, 0.29) is 61.9 Å². The summed E-state index contributed by atoms with van der Waals surface area (Å²) in [5.41, 5.74) is -0.333. The molecule has 328 valence electrons. The predicted octanol–water partition coefficient (Wildman–Crippen LogP) is 6.83. The Morgan fingerprint density at radius 2 is 1.02 bits per heavy atom. The van der Waals surface area contributed by atoms with Crippen LogP contribution in [-0.2, 0) is 57.5 Å². The fourth-order valence-corrected chi connectivity index (χ4v) is 11.0. The zero-order valence-corrected chi connectivity index (χ0v) is 39.3. The molecule has 60 heavy (non-hydrogen) atoms. The van der Waals surface area contributed by atoms with Gasteiger partial charge >= 0.3 is 19.1 Å². The van der Waals surface area contributed by atoms with E-state index in [0.717, 1.165) is 21.2 Å². The van der Waals surface area contributed by atoms with Crippen LogP contribution in [0.2, 0.25) is 0 Å². The number of hydrogen-bond donors (Lipinski definition) is 0. The summed E-state index contributed by atoms with van der Waals surface area (Å²) in [6, 6.07) is 16.5. The summed E-state index contributed by atoms with van der Waals surface area (Å²) in [5.74, 6) is -1.44. The number of carbonyl (C=O) groups is 2. The van der Waals surface area contributed by atoms with Gasteiger partial charge in [-0.25, -0.2) is 16.8 Å². The number of rotatable bonds is 8. The van der Waals surface area contributed by atoms with Crippen LogP contribution in [0, 0.1) is 0 Å². The lowest BCUT2D eigenvalue weighted by molar-refractivity contribution is -0.161. The van der Waals surface area contributed by atoms with Crippen molar-refractivity contribution in [2.24, 2.45) is 0 Å². The highest BCUT2D eigenvalue weighted by Crippen LogP contribution is 2.40. The molecule has 0 unspecified atom stereocenters. The molecule has 0 aliphatic carbocycles. The quantitative estimate of drug-likeness (QED) is 0.170. The second-order valence-corrected chi connectivity index (χ2v) is 23.7. The minimum Gasteiger partial charge on any atom is -0.459 e. The molecule has 3 fully saturated rings. The number of nitrogens with zero attached hydrogens (tertiary/aromatic N) is 1. The molecule has 3 aromatic rings. The van der Waals surface area contributed by atoms with Crippen LogP contribution in [0.4, 0.5) is 0 Å². The van der Waals surface area contributed by atoms with Gasteiger partial charge in [0.2, 0.25) is 0 Å². The van der Waals surface area contributed by atoms with Gasteiger partial charge in [0.15, 0.2) is 29.2 Å². The zero-order chi connectivity index (χ0) is 44.6. The van der Waals surface area contributed by atoms with Crippen LogP contribution in [0.15, 0.2) is 81.1 Å². The number of ether oxygens (including phenoxy) is 4. The van der Waals surface area contributed by atoms with Crippen molar-refractivity contribution in [1.82, 2.24) is 4.98 Å². The van der Waals surface area contributed by atoms with Crippen LogP contribution >= 0.6 is 15.9 Å². The van der Waals surface area contributed by atoms with Gasteiger partial charge < -0.3 is 28.3 Å². The van der Waals surface area contributed by atoms with Gasteiger partial charge in [0.25, 0.3) is 0 Å². The normalized spacial score (nSPS) is 20.0. The first-order valence-electron chi connectivity index (χ1n) is 20.0. The Hall–Kier alpha value is -3.19. The SMILES string of the molecule is CC(C)(C)OC(=O)C1(S(=O)(=O)c2ccc(-c3ccc(Br)cn3)cc2)CCOCC1.CC(C)(C)OC(=O)C1(S(=O)(=O)c2ccc(B3OC(C)(C)C(C)(C)O3)cc2)CCOCC1. The molecule has 0 bridgehead atoms. The van der Waals surface area contributed by atoms with Crippen molar-refractivity contribution in [2.45, 2.75) is 137 Å². The lowest BCUT2D eigenvalue weighted by Gasteiger charge is -2.36. The van der Waals surface area contributed by atoms with Gasteiger partial charge in [-0.2, -0.15) is 0 Å². The molecule has 6 rings (SSSR count). The number of carbonyl (C=O) groups excluding carboxylic acids is 2. The molecule has 3 aliphatic heterocycles. The van der Waals surface area contributed by atoms with Crippen molar-refractivity contribution in [1.29, 1.82) is 0 Å². The molecular weight excluding hydrogens is 877 g/mol. The van der Waals surface area contributed by atoms with Crippen molar-refractivity contribution in [3.05, 3.63) is 71.3 Å². The number of halogens is 1. The number of hydrogen-bond acceptors (Lipinski definition) is 13. The second kappa shape index (κ2) is 17.5. The maximum Gasteiger partial charge on any atom is 0.494 e. The standard InChI is InChI=1S/C22H33BO7S.C21H24BrNO5S/c1-19(2,3)28-18(24)22(12-14-27-15-13-22)31(25,26)17-10-8-16(9-11-17)23-29-20(4,5)21(6,7)30-23;1-20(2,3)28-19(24)21(10-12-27-13-11-21)29(25,26)17-7-4-15(5-8-17)18-9-6-16(22)14-23-18/h8-11H,12-15H2,1-7H3;4-9,14H,10-13H2,1-3H3. The molecule has 1 aromatic heterocycles.